The zero-order valence-electron chi connectivity index (χ0n) is 23.9. The smallest absolute Gasteiger partial charge is 0.119 e. The number of benzene rings is 3. The minimum atomic E-state index is 0.118. The largest absolute Gasteiger partial charge is 0.492 e. The fraction of sp³-hybridized carbons (Fsp3) is 0.286. The molecule has 0 saturated heterocycles. The molecule has 0 bridgehead atoms. The molecule has 0 radical (unpaired) electrons. The van der Waals surface area contributed by atoms with Gasteiger partial charge < -0.3 is 20.1 Å². The highest BCUT2D eigenvalue weighted by molar-refractivity contribution is 6.01. The van der Waals surface area contributed by atoms with Crippen molar-refractivity contribution in [2.24, 2.45) is 5.92 Å². The molecule has 0 amide bonds. The third-order valence-corrected chi connectivity index (χ3v) is 7.79. The van der Waals surface area contributed by atoms with Crippen molar-refractivity contribution in [3.8, 4) is 5.75 Å². The first-order valence-electron chi connectivity index (χ1n) is 14.5. The third-order valence-electron chi connectivity index (χ3n) is 7.79. The monoisotopic (exact) mass is 548 g/mol. The maximum atomic E-state index is 9.04. The summed E-state index contributed by atoms with van der Waals surface area (Å²) in [6.45, 7) is 6.75. The normalized spacial score (nSPS) is 14.2. The van der Waals surface area contributed by atoms with E-state index in [0.29, 0.717) is 19.1 Å². The standard InChI is InChI=1S/C35H40N4O2/c1-26(39(2)21-22-40)8-7-19-36-20-23-41-32-16-13-29(14-17-32)35(30-15-18-33-31(24-30)25-37-38-33)34(28-11-6-12-28)27-9-4-3-5-10-27/h3-5,7-10,13-18,24-25,28,36,40H,1,6,11-12,19-23H2,2H3,(H,37,38)/b8-7+,35-34-. The second kappa shape index (κ2) is 14.0. The topological polar surface area (TPSA) is 73.4 Å². The van der Waals surface area contributed by atoms with Crippen molar-refractivity contribution < 1.29 is 9.84 Å². The van der Waals surface area contributed by atoms with Crippen LogP contribution in [0.25, 0.3) is 22.0 Å². The number of rotatable bonds is 14. The molecule has 6 nitrogen and oxygen atoms in total. The van der Waals surface area contributed by atoms with Crippen molar-refractivity contribution in [2.75, 3.05) is 39.9 Å². The van der Waals surface area contributed by atoms with Gasteiger partial charge in [0.15, 0.2) is 0 Å². The lowest BCUT2D eigenvalue weighted by Crippen LogP contribution is -2.22. The Morgan fingerprint density at radius 3 is 2.59 bits per heavy atom. The number of aromatic amines is 1. The van der Waals surface area contributed by atoms with Crippen LogP contribution in [0.4, 0.5) is 0 Å². The van der Waals surface area contributed by atoms with Crippen molar-refractivity contribution in [2.45, 2.75) is 19.3 Å². The zero-order chi connectivity index (χ0) is 28.4. The second-order valence-electron chi connectivity index (χ2n) is 10.6. The van der Waals surface area contributed by atoms with E-state index < -0.39 is 0 Å². The number of ether oxygens (including phenoxy) is 1. The Balaban J connectivity index is 1.30. The molecule has 0 atom stereocenters. The van der Waals surface area contributed by atoms with Crippen LogP contribution in [0, 0.1) is 5.92 Å². The quantitative estimate of drug-likeness (QED) is 0.0982. The molecule has 6 heteroatoms. The summed E-state index contributed by atoms with van der Waals surface area (Å²) in [4.78, 5) is 1.93. The Morgan fingerprint density at radius 2 is 1.85 bits per heavy atom. The van der Waals surface area contributed by atoms with Gasteiger partial charge in [-0.25, -0.2) is 0 Å². The average Bonchev–Trinajstić information content (AvgIpc) is 3.45. The van der Waals surface area contributed by atoms with Crippen LogP contribution >= 0.6 is 0 Å². The first kappa shape index (κ1) is 28.4. The number of aromatic nitrogens is 2. The van der Waals surface area contributed by atoms with Crippen LogP contribution < -0.4 is 10.1 Å². The number of nitrogens with one attached hydrogen (secondary N) is 2. The number of nitrogens with zero attached hydrogens (tertiary/aromatic N) is 2. The van der Waals surface area contributed by atoms with E-state index >= 15 is 0 Å². The van der Waals surface area contributed by atoms with E-state index in [1.165, 1.54) is 47.1 Å². The SMILES string of the molecule is C=C(/C=C/CNCCOc1ccc(/C(=C(\c2ccccc2)C2CCC2)c2ccc3[nH]ncc3c2)cc1)N(C)CCO. The van der Waals surface area contributed by atoms with E-state index in [-0.39, 0.29) is 6.61 Å². The highest BCUT2D eigenvalue weighted by Gasteiger charge is 2.27. The molecule has 212 valence electrons. The van der Waals surface area contributed by atoms with E-state index in [0.717, 1.165) is 35.4 Å². The van der Waals surface area contributed by atoms with Crippen molar-refractivity contribution in [1.29, 1.82) is 0 Å². The Kier molecular flexibility index (Phi) is 9.68. The number of hydrogen-bond acceptors (Lipinski definition) is 5. The molecule has 1 aliphatic carbocycles. The Bertz CT molecular complexity index is 1480. The Hall–Kier alpha value is -4.13. The van der Waals surface area contributed by atoms with Gasteiger partial charge in [-0.3, -0.25) is 5.10 Å². The van der Waals surface area contributed by atoms with E-state index in [4.69, 9.17) is 9.84 Å². The van der Waals surface area contributed by atoms with Gasteiger partial charge in [-0.1, -0.05) is 67.6 Å². The molecule has 0 spiro atoms. The molecule has 1 aliphatic rings. The molecule has 3 aromatic carbocycles. The fourth-order valence-corrected chi connectivity index (χ4v) is 5.23. The Morgan fingerprint density at radius 1 is 1.07 bits per heavy atom. The fourth-order valence-electron chi connectivity index (χ4n) is 5.23. The van der Waals surface area contributed by atoms with Gasteiger partial charge in [-0.05, 0) is 76.9 Å². The van der Waals surface area contributed by atoms with E-state index in [1.54, 1.807) is 0 Å². The van der Waals surface area contributed by atoms with E-state index in [2.05, 4.69) is 94.9 Å². The number of H-pyrrole nitrogens is 1. The van der Waals surface area contributed by atoms with Gasteiger partial charge in [0.25, 0.3) is 0 Å². The predicted octanol–water partition coefficient (Wildman–Crippen LogP) is 6.28. The molecule has 1 saturated carbocycles. The van der Waals surface area contributed by atoms with Gasteiger partial charge >= 0.3 is 0 Å². The van der Waals surface area contributed by atoms with Crippen LogP contribution in [0.15, 0.2) is 103 Å². The van der Waals surface area contributed by atoms with Crippen LogP contribution in [0.1, 0.15) is 36.0 Å². The van der Waals surface area contributed by atoms with Gasteiger partial charge in [0.05, 0.1) is 18.3 Å². The summed E-state index contributed by atoms with van der Waals surface area (Å²) in [5.41, 5.74) is 8.34. The molecule has 1 fully saturated rings. The summed E-state index contributed by atoms with van der Waals surface area (Å²) in [7, 11) is 1.92. The number of aliphatic hydroxyl groups excluding tert-OH is 1. The Labute approximate surface area is 243 Å². The van der Waals surface area contributed by atoms with Gasteiger partial charge in [-0.15, -0.1) is 0 Å². The summed E-state index contributed by atoms with van der Waals surface area (Å²) in [6.07, 6.45) is 9.62. The van der Waals surface area contributed by atoms with Crippen LogP contribution in [-0.4, -0.2) is 60.1 Å². The third kappa shape index (κ3) is 7.15. The minimum Gasteiger partial charge on any atom is -0.492 e. The van der Waals surface area contributed by atoms with E-state index in [1.807, 2.05) is 30.3 Å². The molecule has 41 heavy (non-hydrogen) atoms. The molecule has 1 aromatic heterocycles. The molecule has 0 aliphatic heterocycles. The molecule has 1 heterocycles. The summed E-state index contributed by atoms with van der Waals surface area (Å²) >= 11 is 0. The molecule has 5 rings (SSSR count). The summed E-state index contributed by atoms with van der Waals surface area (Å²) in [5, 5.41) is 20.8. The minimum absolute atomic E-state index is 0.118. The van der Waals surface area contributed by atoms with Crippen molar-refractivity contribution in [3.63, 3.8) is 0 Å². The van der Waals surface area contributed by atoms with Gasteiger partial charge in [0.1, 0.15) is 12.4 Å². The van der Waals surface area contributed by atoms with Crippen molar-refractivity contribution in [3.05, 3.63) is 120 Å². The van der Waals surface area contributed by atoms with Gasteiger partial charge in [0.2, 0.25) is 0 Å². The van der Waals surface area contributed by atoms with Crippen LogP contribution in [0.3, 0.4) is 0 Å². The number of hydrogen-bond donors (Lipinski definition) is 3. The molecule has 0 unspecified atom stereocenters. The van der Waals surface area contributed by atoms with Crippen molar-refractivity contribution in [1.82, 2.24) is 20.4 Å². The lowest BCUT2D eigenvalue weighted by atomic mass is 9.73. The summed E-state index contributed by atoms with van der Waals surface area (Å²) in [6, 6.07) is 26.0. The lowest BCUT2D eigenvalue weighted by molar-refractivity contribution is 0.249. The number of aliphatic hydroxyl groups is 1. The highest BCUT2D eigenvalue weighted by atomic mass is 16.5. The molecule has 3 N–H and O–H groups in total. The molecule has 4 aromatic rings. The van der Waals surface area contributed by atoms with E-state index in [9.17, 15) is 0 Å². The van der Waals surface area contributed by atoms with Crippen LogP contribution in [-0.2, 0) is 0 Å². The molecular weight excluding hydrogens is 508 g/mol. The van der Waals surface area contributed by atoms with Gasteiger partial charge in [0, 0.05) is 37.8 Å². The number of likely N-dealkylation sites (N-methyl/N-ethyl adjacent to an activating group) is 1. The lowest BCUT2D eigenvalue weighted by Gasteiger charge is -2.31. The first-order valence-corrected chi connectivity index (χ1v) is 14.5. The van der Waals surface area contributed by atoms with Crippen LogP contribution in [0.5, 0.6) is 5.75 Å². The zero-order valence-corrected chi connectivity index (χ0v) is 23.9. The number of allylic oxidation sites excluding steroid dienone is 2. The maximum Gasteiger partial charge on any atom is 0.119 e. The predicted molar refractivity (Wildman–Crippen MR) is 169 cm³/mol. The summed E-state index contributed by atoms with van der Waals surface area (Å²) < 4.78 is 6.05. The average molecular weight is 549 g/mol. The first-order chi connectivity index (χ1) is 20.1. The van der Waals surface area contributed by atoms with Crippen molar-refractivity contribution >= 4 is 22.0 Å². The highest BCUT2D eigenvalue weighted by Crippen LogP contribution is 2.45. The number of fused-ring (bicyclic) bond motifs is 1. The van der Waals surface area contributed by atoms with Gasteiger partial charge in [-0.2, -0.15) is 5.10 Å². The van der Waals surface area contributed by atoms with Crippen LogP contribution in [0.2, 0.25) is 0 Å². The molecular formula is C35H40N4O2. The summed E-state index contributed by atoms with van der Waals surface area (Å²) in [5.74, 6) is 1.41. The second-order valence-corrected chi connectivity index (χ2v) is 10.6. The maximum absolute atomic E-state index is 9.04.